The van der Waals surface area contributed by atoms with Gasteiger partial charge in [-0.25, -0.2) is 13.2 Å². The number of aryl methyl sites for hydroxylation is 1. The number of rotatable bonds is 5. The molecule has 1 aromatic heterocycles. The minimum Gasteiger partial charge on any atom is -0.478 e. The maximum Gasteiger partial charge on any atom is 0.335 e. The second kappa shape index (κ2) is 5.33. The lowest BCUT2D eigenvalue weighted by atomic mass is 10.1. The third-order valence-corrected chi connectivity index (χ3v) is 3.73. The molecule has 0 radical (unpaired) electrons. The van der Waals surface area contributed by atoms with Gasteiger partial charge in [0.15, 0.2) is 5.82 Å². The zero-order valence-electron chi connectivity index (χ0n) is 10.6. The molecular weight excluding hydrogens is 282 g/mol. The first-order chi connectivity index (χ1) is 9.35. The van der Waals surface area contributed by atoms with Crippen LogP contribution in [0.1, 0.15) is 21.6 Å². The van der Waals surface area contributed by atoms with Crippen molar-refractivity contribution in [2.45, 2.75) is 12.7 Å². The molecule has 3 N–H and O–H groups in total. The number of H-pyrrole nitrogens is 1. The number of aromatic nitrogens is 2. The molecule has 0 saturated heterocycles. The molecule has 0 aliphatic heterocycles. The van der Waals surface area contributed by atoms with Gasteiger partial charge in [-0.2, -0.15) is 5.10 Å². The van der Waals surface area contributed by atoms with E-state index in [-0.39, 0.29) is 17.1 Å². The Hall–Kier alpha value is -2.35. The van der Waals surface area contributed by atoms with E-state index in [2.05, 4.69) is 14.9 Å². The maximum atomic E-state index is 11.9. The standard InChI is InChI=1S/C12H13N3O4S/c1-8-5-11(14-13-8)15-20(18,19)7-9-3-2-4-10(6-9)12(16)17/h2-6H,7H2,1H3,(H,16,17)(H2,13,14,15). The summed E-state index contributed by atoms with van der Waals surface area (Å²) >= 11 is 0. The van der Waals surface area contributed by atoms with Gasteiger partial charge >= 0.3 is 5.97 Å². The zero-order valence-corrected chi connectivity index (χ0v) is 11.4. The van der Waals surface area contributed by atoms with E-state index in [1.54, 1.807) is 19.1 Å². The van der Waals surface area contributed by atoms with Crippen molar-refractivity contribution in [2.24, 2.45) is 0 Å². The number of carboxylic acids is 1. The van der Waals surface area contributed by atoms with Crippen LogP contribution in [-0.4, -0.2) is 29.7 Å². The molecule has 20 heavy (non-hydrogen) atoms. The summed E-state index contributed by atoms with van der Waals surface area (Å²) in [5, 5.41) is 15.3. The van der Waals surface area contributed by atoms with Crippen LogP contribution in [0, 0.1) is 6.92 Å². The summed E-state index contributed by atoms with van der Waals surface area (Å²) in [5.41, 5.74) is 1.17. The molecule has 1 aromatic carbocycles. The van der Waals surface area contributed by atoms with E-state index in [0.29, 0.717) is 5.56 Å². The smallest absolute Gasteiger partial charge is 0.335 e. The predicted octanol–water partition coefficient (Wildman–Crippen LogP) is 1.36. The molecule has 0 fully saturated rings. The van der Waals surface area contributed by atoms with Gasteiger partial charge in [0.05, 0.1) is 11.3 Å². The molecule has 1 heterocycles. The molecule has 7 nitrogen and oxygen atoms in total. The molecule has 0 amide bonds. The zero-order chi connectivity index (χ0) is 14.8. The van der Waals surface area contributed by atoms with Gasteiger partial charge in [-0.1, -0.05) is 12.1 Å². The Morgan fingerprint density at radius 3 is 2.75 bits per heavy atom. The largest absolute Gasteiger partial charge is 0.478 e. The van der Waals surface area contributed by atoms with Crippen molar-refractivity contribution in [1.29, 1.82) is 0 Å². The first kappa shape index (κ1) is 14.1. The number of hydrogen-bond acceptors (Lipinski definition) is 4. The van der Waals surface area contributed by atoms with Crippen LogP contribution >= 0.6 is 0 Å². The summed E-state index contributed by atoms with van der Waals surface area (Å²) in [6, 6.07) is 7.36. The minimum atomic E-state index is -3.64. The number of carboxylic acid groups (broad SMARTS) is 1. The van der Waals surface area contributed by atoms with E-state index in [1.807, 2.05) is 0 Å². The molecule has 0 aliphatic rings. The van der Waals surface area contributed by atoms with Gasteiger partial charge in [0.25, 0.3) is 0 Å². The van der Waals surface area contributed by atoms with Gasteiger partial charge < -0.3 is 5.11 Å². The van der Waals surface area contributed by atoms with E-state index < -0.39 is 16.0 Å². The molecule has 8 heteroatoms. The van der Waals surface area contributed by atoms with Crippen molar-refractivity contribution in [3.63, 3.8) is 0 Å². The number of nitrogens with one attached hydrogen (secondary N) is 2. The van der Waals surface area contributed by atoms with E-state index in [4.69, 9.17) is 5.11 Å². The number of nitrogens with zero attached hydrogens (tertiary/aromatic N) is 1. The van der Waals surface area contributed by atoms with Crippen LogP contribution in [0.4, 0.5) is 5.82 Å². The summed E-state index contributed by atoms with van der Waals surface area (Å²) in [5.74, 6) is -1.21. The quantitative estimate of drug-likeness (QED) is 0.771. The van der Waals surface area contributed by atoms with Crippen molar-refractivity contribution in [3.05, 3.63) is 47.2 Å². The van der Waals surface area contributed by atoms with Gasteiger partial charge in [-0.05, 0) is 24.6 Å². The fourth-order valence-electron chi connectivity index (χ4n) is 1.68. The highest BCUT2D eigenvalue weighted by atomic mass is 32.2. The molecule has 106 valence electrons. The molecule has 0 bridgehead atoms. The van der Waals surface area contributed by atoms with Crippen molar-refractivity contribution in [2.75, 3.05) is 4.72 Å². The van der Waals surface area contributed by atoms with Crippen LogP contribution in [-0.2, 0) is 15.8 Å². The first-order valence-corrected chi connectivity index (χ1v) is 7.36. The van der Waals surface area contributed by atoms with E-state index in [1.165, 1.54) is 18.2 Å². The van der Waals surface area contributed by atoms with Crippen LogP contribution in [0.3, 0.4) is 0 Å². The molecular formula is C12H13N3O4S. The molecule has 2 aromatic rings. The number of aromatic amines is 1. The Balaban J connectivity index is 2.15. The molecule has 0 atom stereocenters. The van der Waals surface area contributed by atoms with Crippen LogP contribution in [0.15, 0.2) is 30.3 Å². The lowest BCUT2D eigenvalue weighted by Crippen LogP contribution is -2.15. The molecule has 0 aliphatic carbocycles. The molecule has 0 unspecified atom stereocenters. The van der Waals surface area contributed by atoms with Gasteiger partial charge in [0.1, 0.15) is 0 Å². The lowest BCUT2D eigenvalue weighted by molar-refractivity contribution is 0.0696. The van der Waals surface area contributed by atoms with Crippen molar-refractivity contribution in [3.8, 4) is 0 Å². The van der Waals surface area contributed by atoms with Crippen LogP contribution < -0.4 is 4.72 Å². The summed E-state index contributed by atoms with van der Waals surface area (Å²) < 4.78 is 26.2. The van der Waals surface area contributed by atoms with Gasteiger partial charge in [-0.3, -0.25) is 9.82 Å². The van der Waals surface area contributed by atoms with E-state index in [9.17, 15) is 13.2 Å². The van der Waals surface area contributed by atoms with Crippen LogP contribution in [0.25, 0.3) is 0 Å². The number of benzene rings is 1. The van der Waals surface area contributed by atoms with Crippen molar-refractivity contribution in [1.82, 2.24) is 10.2 Å². The average molecular weight is 295 g/mol. The van der Waals surface area contributed by atoms with Gasteiger partial charge in [0, 0.05) is 11.8 Å². The lowest BCUT2D eigenvalue weighted by Gasteiger charge is -2.06. The van der Waals surface area contributed by atoms with E-state index >= 15 is 0 Å². The molecule has 2 rings (SSSR count). The second-order valence-corrected chi connectivity index (χ2v) is 6.03. The summed E-state index contributed by atoms with van der Waals surface area (Å²) in [6.45, 7) is 1.75. The molecule has 0 saturated carbocycles. The first-order valence-electron chi connectivity index (χ1n) is 5.70. The minimum absolute atomic E-state index is 0.0494. The maximum absolute atomic E-state index is 11.9. The van der Waals surface area contributed by atoms with Gasteiger partial charge in [-0.15, -0.1) is 0 Å². The third-order valence-electron chi connectivity index (χ3n) is 2.50. The summed E-state index contributed by atoms with van der Waals surface area (Å²) in [7, 11) is -3.64. The van der Waals surface area contributed by atoms with Crippen molar-refractivity contribution < 1.29 is 18.3 Å². The fourth-order valence-corrected chi connectivity index (χ4v) is 2.79. The number of sulfonamides is 1. The highest BCUT2D eigenvalue weighted by Gasteiger charge is 2.14. The highest BCUT2D eigenvalue weighted by Crippen LogP contribution is 2.12. The van der Waals surface area contributed by atoms with Crippen LogP contribution in [0.2, 0.25) is 0 Å². The predicted molar refractivity (Wildman–Crippen MR) is 73.0 cm³/mol. The van der Waals surface area contributed by atoms with Gasteiger partial charge in [0.2, 0.25) is 10.0 Å². The Labute approximate surface area is 115 Å². The monoisotopic (exact) mass is 295 g/mol. The number of carbonyl (C=O) groups is 1. The Kier molecular flexibility index (Phi) is 3.75. The number of hydrogen-bond donors (Lipinski definition) is 3. The third kappa shape index (κ3) is 3.58. The topological polar surface area (TPSA) is 112 Å². The Morgan fingerprint density at radius 1 is 1.40 bits per heavy atom. The Bertz CT molecular complexity index is 737. The average Bonchev–Trinajstić information content (AvgIpc) is 2.73. The second-order valence-electron chi connectivity index (χ2n) is 4.30. The highest BCUT2D eigenvalue weighted by molar-refractivity contribution is 7.91. The summed E-state index contributed by atoms with van der Waals surface area (Å²) in [6.07, 6.45) is 0. The molecule has 0 spiro atoms. The SMILES string of the molecule is Cc1cc(NS(=O)(=O)Cc2cccc(C(=O)O)c2)n[nH]1. The normalized spacial score (nSPS) is 11.2. The van der Waals surface area contributed by atoms with Crippen LogP contribution in [0.5, 0.6) is 0 Å². The van der Waals surface area contributed by atoms with Crippen molar-refractivity contribution >= 4 is 21.8 Å². The fraction of sp³-hybridized carbons (Fsp3) is 0.167. The summed E-state index contributed by atoms with van der Waals surface area (Å²) in [4.78, 5) is 10.8. The number of anilines is 1. The Morgan fingerprint density at radius 2 is 2.15 bits per heavy atom. The number of aromatic carboxylic acids is 1. The van der Waals surface area contributed by atoms with E-state index in [0.717, 1.165) is 5.69 Å².